The summed E-state index contributed by atoms with van der Waals surface area (Å²) in [5, 5.41) is 2.29. The highest BCUT2D eigenvalue weighted by atomic mass is 15.6. The van der Waals surface area contributed by atoms with E-state index < -0.39 is 0 Å². The normalized spacial score (nSPS) is 16.5. The van der Waals surface area contributed by atoms with Crippen molar-refractivity contribution >= 4 is 11.4 Å². The molecule has 2 aliphatic rings. The fourth-order valence-electron chi connectivity index (χ4n) is 3.25. The van der Waals surface area contributed by atoms with Crippen LogP contribution in [-0.4, -0.2) is 6.67 Å². The highest BCUT2D eigenvalue weighted by Crippen LogP contribution is 2.34. The summed E-state index contributed by atoms with van der Waals surface area (Å²) in [5.74, 6) is 0. The summed E-state index contributed by atoms with van der Waals surface area (Å²) in [6.07, 6.45) is 0. The third-order valence-corrected chi connectivity index (χ3v) is 4.24. The summed E-state index contributed by atoms with van der Waals surface area (Å²) in [6.45, 7) is 7.08. The third-order valence-electron chi connectivity index (χ3n) is 4.24. The molecule has 102 valence electrons. The Labute approximate surface area is 119 Å². The lowest BCUT2D eigenvalue weighted by Gasteiger charge is -2.27. The van der Waals surface area contributed by atoms with Gasteiger partial charge in [-0.05, 0) is 37.1 Å². The van der Waals surface area contributed by atoms with Gasteiger partial charge in [-0.2, -0.15) is 0 Å². The second-order valence-electron chi connectivity index (χ2n) is 5.86. The molecule has 0 spiro atoms. The Hall–Kier alpha value is -2.00. The van der Waals surface area contributed by atoms with Crippen LogP contribution in [0.1, 0.15) is 22.3 Å². The van der Waals surface area contributed by atoms with Gasteiger partial charge in [0.25, 0.3) is 0 Å². The Morgan fingerprint density at radius 1 is 0.850 bits per heavy atom. The maximum atomic E-state index is 3.54. The van der Waals surface area contributed by atoms with Gasteiger partial charge in [0.05, 0.1) is 18.9 Å². The molecule has 0 aliphatic carbocycles. The highest BCUT2D eigenvalue weighted by Gasteiger charge is 2.25. The average Bonchev–Trinajstić information content (AvgIpc) is 2.68. The van der Waals surface area contributed by atoms with Crippen LogP contribution < -0.4 is 15.3 Å². The van der Waals surface area contributed by atoms with Crippen LogP contribution in [0.4, 0.5) is 11.4 Å². The minimum atomic E-state index is 0.865. The van der Waals surface area contributed by atoms with Crippen molar-refractivity contribution < 1.29 is 0 Å². The Kier molecular flexibility index (Phi) is 2.51. The summed E-state index contributed by atoms with van der Waals surface area (Å²) in [6, 6.07) is 13.5. The van der Waals surface area contributed by atoms with Crippen molar-refractivity contribution in [3.63, 3.8) is 0 Å². The van der Waals surface area contributed by atoms with E-state index in [0.29, 0.717) is 0 Å². The zero-order valence-electron chi connectivity index (χ0n) is 12.0. The summed E-state index contributed by atoms with van der Waals surface area (Å²) in [4.78, 5) is 2.43. The first kappa shape index (κ1) is 11.8. The number of anilines is 2. The van der Waals surface area contributed by atoms with Gasteiger partial charge in [-0.15, -0.1) is 0 Å². The summed E-state index contributed by atoms with van der Waals surface area (Å²) in [5.41, 5.74) is 11.7. The fourth-order valence-corrected chi connectivity index (χ4v) is 3.25. The van der Waals surface area contributed by atoms with E-state index in [1.807, 2.05) is 0 Å². The summed E-state index contributed by atoms with van der Waals surface area (Å²) >= 11 is 0. The molecule has 20 heavy (non-hydrogen) atoms. The SMILES string of the molecule is Cc1ccc2c(c1)CN1NCN2Cc2cc(C)ccc21. The molecule has 4 rings (SSSR count). The lowest BCUT2D eigenvalue weighted by atomic mass is 10.0. The van der Waals surface area contributed by atoms with Crippen LogP contribution in [0, 0.1) is 13.8 Å². The predicted octanol–water partition coefficient (Wildman–Crippen LogP) is 3.11. The molecule has 1 N–H and O–H groups in total. The molecule has 2 bridgehead atoms. The van der Waals surface area contributed by atoms with Crippen molar-refractivity contribution in [2.75, 3.05) is 16.6 Å². The van der Waals surface area contributed by atoms with Gasteiger partial charge in [-0.3, -0.25) is 0 Å². The molecule has 0 saturated heterocycles. The zero-order chi connectivity index (χ0) is 13.7. The van der Waals surface area contributed by atoms with E-state index in [1.165, 1.54) is 33.6 Å². The predicted molar refractivity (Wildman–Crippen MR) is 82.7 cm³/mol. The molecule has 0 amide bonds. The van der Waals surface area contributed by atoms with Crippen LogP contribution in [0.2, 0.25) is 0 Å². The van der Waals surface area contributed by atoms with E-state index >= 15 is 0 Å². The standard InChI is InChI=1S/C17H19N3/c1-12-3-5-16-15(8-12)10-20-17-6-4-13(2)7-14(17)9-19(16)11-18-20/h3-8,18H,9-11H2,1-2H3. The van der Waals surface area contributed by atoms with Gasteiger partial charge in [0.2, 0.25) is 0 Å². The van der Waals surface area contributed by atoms with Crippen LogP contribution in [0.3, 0.4) is 0 Å². The van der Waals surface area contributed by atoms with Crippen LogP contribution in [0.15, 0.2) is 36.4 Å². The van der Waals surface area contributed by atoms with E-state index in [4.69, 9.17) is 0 Å². The van der Waals surface area contributed by atoms with Crippen molar-refractivity contribution in [2.45, 2.75) is 26.9 Å². The second-order valence-corrected chi connectivity index (χ2v) is 5.86. The lowest BCUT2D eigenvalue weighted by Crippen LogP contribution is -2.39. The maximum absolute atomic E-state index is 3.54. The molecule has 0 aromatic heterocycles. The first-order chi connectivity index (χ1) is 9.70. The van der Waals surface area contributed by atoms with Crippen LogP contribution in [0.5, 0.6) is 0 Å². The molecule has 0 saturated carbocycles. The van der Waals surface area contributed by atoms with Gasteiger partial charge in [0.1, 0.15) is 0 Å². The fraction of sp³-hybridized carbons (Fsp3) is 0.294. The number of aryl methyl sites for hydroxylation is 2. The maximum Gasteiger partial charge on any atom is 0.0860 e. The number of nitrogens with one attached hydrogen (secondary N) is 1. The van der Waals surface area contributed by atoms with Crippen molar-refractivity contribution in [1.82, 2.24) is 5.43 Å². The van der Waals surface area contributed by atoms with Crippen LogP contribution >= 0.6 is 0 Å². The van der Waals surface area contributed by atoms with Crippen LogP contribution in [0.25, 0.3) is 0 Å². The lowest BCUT2D eigenvalue weighted by molar-refractivity contribution is 0.638. The summed E-state index contributed by atoms with van der Waals surface area (Å²) < 4.78 is 0. The van der Waals surface area contributed by atoms with Gasteiger partial charge in [0.15, 0.2) is 0 Å². The monoisotopic (exact) mass is 265 g/mol. The number of rotatable bonds is 0. The smallest absolute Gasteiger partial charge is 0.0860 e. The number of hydrazine groups is 1. The van der Waals surface area contributed by atoms with Gasteiger partial charge in [-0.1, -0.05) is 35.4 Å². The van der Waals surface area contributed by atoms with E-state index in [-0.39, 0.29) is 0 Å². The van der Waals surface area contributed by atoms with E-state index in [2.05, 4.69) is 65.6 Å². The van der Waals surface area contributed by atoms with Gasteiger partial charge < -0.3 is 9.91 Å². The number of benzene rings is 2. The summed E-state index contributed by atoms with van der Waals surface area (Å²) in [7, 11) is 0. The quantitative estimate of drug-likeness (QED) is 0.789. The minimum absolute atomic E-state index is 0.865. The average molecular weight is 265 g/mol. The van der Waals surface area contributed by atoms with Gasteiger partial charge >= 0.3 is 0 Å². The Morgan fingerprint density at radius 2 is 1.50 bits per heavy atom. The molecule has 0 unspecified atom stereocenters. The topological polar surface area (TPSA) is 18.5 Å². The Bertz CT molecular complexity index is 618. The second kappa shape index (κ2) is 4.25. The Morgan fingerprint density at radius 3 is 2.25 bits per heavy atom. The first-order valence-electron chi connectivity index (χ1n) is 7.16. The molecule has 0 atom stereocenters. The van der Waals surface area contributed by atoms with Crippen LogP contribution in [-0.2, 0) is 13.1 Å². The molecule has 2 aromatic rings. The molecule has 3 heteroatoms. The zero-order valence-corrected chi connectivity index (χ0v) is 12.0. The molecule has 2 aliphatic heterocycles. The molecule has 0 radical (unpaired) electrons. The van der Waals surface area contributed by atoms with Crippen molar-refractivity contribution in [1.29, 1.82) is 0 Å². The largest absolute Gasteiger partial charge is 0.352 e. The molecule has 2 aromatic carbocycles. The molecule has 3 nitrogen and oxygen atoms in total. The molecule has 2 heterocycles. The number of nitrogens with zero attached hydrogens (tertiary/aromatic N) is 2. The number of hydrogen-bond acceptors (Lipinski definition) is 3. The van der Waals surface area contributed by atoms with E-state index in [1.54, 1.807) is 0 Å². The minimum Gasteiger partial charge on any atom is -0.352 e. The van der Waals surface area contributed by atoms with Crippen molar-refractivity contribution in [3.05, 3.63) is 58.7 Å². The molecular weight excluding hydrogens is 246 g/mol. The van der Waals surface area contributed by atoms with E-state index in [9.17, 15) is 0 Å². The highest BCUT2D eigenvalue weighted by molar-refractivity contribution is 5.64. The molecular formula is C17H19N3. The first-order valence-corrected chi connectivity index (χ1v) is 7.16. The molecule has 0 fully saturated rings. The van der Waals surface area contributed by atoms with Gasteiger partial charge in [-0.25, -0.2) is 5.43 Å². The number of hydrogen-bond donors (Lipinski definition) is 1. The van der Waals surface area contributed by atoms with Gasteiger partial charge in [0, 0.05) is 12.2 Å². The van der Waals surface area contributed by atoms with Crippen molar-refractivity contribution in [3.8, 4) is 0 Å². The third kappa shape index (κ3) is 1.78. The number of fused-ring (bicyclic) bond motifs is 7. The van der Waals surface area contributed by atoms with E-state index in [0.717, 1.165) is 19.8 Å². The van der Waals surface area contributed by atoms with Crippen molar-refractivity contribution in [2.24, 2.45) is 0 Å². The Balaban J connectivity index is 1.87.